The number of hydrogen-bond donors (Lipinski definition) is 10. The molecule has 3 saturated heterocycles. The molecule has 0 spiro atoms. The van der Waals surface area contributed by atoms with Crippen molar-refractivity contribution in [1.29, 1.82) is 0 Å². The molecule has 15 heteroatoms. The Balaban J connectivity index is 1.71. The third-order valence-electron chi connectivity index (χ3n) is 6.05. The molecule has 33 heavy (non-hydrogen) atoms. The van der Waals surface area contributed by atoms with Gasteiger partial charge < -0.3 is 74.7 Å². The fourth-order valence-corrected chi connectivity index (χ4v) is 4.00. The molecule has 0 aromatic carbocycles. The minimum absolute atomic E-state index is 0.726. The van der Waals surface area contributed by atoms with E-state index < -0.39 is 105 Å². The maximum absolute atomic E-state index is 10.6. The molecular weight excluding hydrogens is 456 g/mol. The Kier molecular flexibility index (Phi) is 8.99. The lowest BCUT2D eigenvalue weighted by Gasteiger charge is -2.47. The molecule has 0 saturated carbocycles. The first-order valence-corrected chi connectivity index (χ1v) is 10.4. The Morgan fingerprint density at radius 1 is 0.545 bits per heavy atom. The Morgan fingerprint density at radius 2 is 1.06 bits per heavy atom. The van der Waals surface area contributed by atoms with Crippen LogP contribution in [0.15, 0.2) is 0 Å². The van der Waals surface area contributed by atoms with Crippen molar-refractivity contribution in [1.82, 2.24) is 0 Å². The molecule has 0 aromatic heterocycles. The first-order valence-electron chi connectivity index (χ1n) is 10.4. The second-order valence-electron chi connectivity index (χ2n) is 8.32. The summed E-state index contributed by atoms with van der Waals surface area (Å²) in [5.41, 5.74) is 0. The van der Waals surface area contributed by atoms with Crippen LogP contribution in [0.25, 0.3) is 0 Å². The fourth-order valence-electron chi connectivity index (χ4n) is 4.00. The van der Waals surface area contributed by atoms with Gasteiger partial charge in [-0.25, -0.2) is 0 Å². The number of hydrogen-bond acceptors (Lipinski definition) is 15. The van der Waals surface area contributed by atoms with Crippen LogP contribution in [-0.4, -0.2) is 156 Å². The van der Waals surface area contributed by atoms with E-state index in [1.54, 1.807) is 0 Å². The lowest BCUT2D eigenvalue weighted by Crippen LogP contribution is -2.66. The summed E-state index contributed by atoms with van der Waals surface area (Å²) >= 11 is 0. The van der Waals surface area contributed by atoms with Gasteiger partial charge in [0, 0.05) is 0 Å². The second kappa shape index (κ2) is 11.0. The first-order chi connectivity index (χ1) is 15.5. The average molecular weight is 488 g/mol. The zero-order valence-corrected chi connectivity index (χ0v) is 17.6. The molecule has 0 aliphatic carbocycles. The standard InChI is InChI=1S/C18H32O15/c1-4-7(21)15(13(27)16(28)29-4)33-18-12(26)10(24)14(6(3-20)31-18)32-17-11(25)9(23)8(22)5(2-19)30-17/h4-28H,2-3H2,1H3/t4-,5-,6-,7+,8-,9+,10-,11-,12-,13-,14-,15+,16-,17+,18+/m1/s1. The van der Waals surface area contributed by atoms with Gasteiger partial charge in [-0.3, -0.25) is 0 Å². The van der Waals surface area contributed by atoms with E-state index >= 15 is 0 Å². The number of aliphatic hydroxyl groups is 10. The molecule has 3 fully saturated rings. The largest absolute Gasteiger partial charge is 0.394 e. The highest BCUT2D eigenvalue weighted by Gasteiger charge is 2.52. The van der Waals surface area contributed by atoms with E-state index in [-0.39, 0.29) is 0 Å². The first kappa shape index (κ1) is 27.0. The van der Waals surface area contributed by atoms with Crippen LogP contribution in [0.4, 0.5) is 0 Å². The molecule has 0 radical (unpaired) electrons. The van der Waals surface area contributed by atoms with Crippen LogP contribution < -0.4 is 0 Å². The average Bonchev–Trinajstić information content (AvgIpc) is 2.79. The molecule has 3 aliphatic rings. The third-order valence-corrected chi connectivity index (χ3v) is 6.05. The smallest absolute Gasteiger partial charge is 0.187 e. The van der Waals surface area contributed by atoms with Gasteiger partial charge in [0.05, 0.1) is 19.3 Å². The van der Waals surface area contributed by atoms with Gasteiger partial charge in [-0.1, -0.05) is 0 Å². The van der Waals surface area contributed by atoms with E-state index in [0.29, 0.717) is 0 Å². The van der Waals surface area contributed by atoms with Crippen molar-refractivity contribution in [3.05, 3.63) is 0 Å². The summed E-state index contributed by atoms with van der Waals surface area (Å²) in [6.45, 7) is -0.107. The quantitative estimate of drug-likeness (QED) is 0.167. The van der Waals surface area contributed by atoms with E-state index in [1.807, 2.05) is 0 Å². The highest BCUT2D eigenvalue weighted by atomic mass is 16.7. The molecule has 3 aliphatic heterocycles. The molecule has 0 unspecified atom stereocenters. The fraction of sp³-hybridized carbons (Fsp3) is 1.00. The molecular formula is C18H32O15. The summed E-state index contributed by atoms with van der Waals surface area (Å²) in [7, 11) is 0. The SMILES string of the molecule is C[C@H]1O[C@@H](O)[C@H](O)[C@@H](O[C@@H]2O[C@H](CO)[C@@H](O[C@@H]3O[C@H](CO)[C@@H](O)[C@H](O)[C@H]3O)[C@H](O)[C@H]2O)[C@H]1O. The maximum atomic E-state index is 10.6. The third kappa shape index (κ3) is 5.32. The Morgan fingerprint density at radius 3 is 1.64 bits per heavy atom. The van der Waals surface area contributed by atoms with Gasteiger partial charge >= 0.3 is 0 Å². The molecule has 3 rings (SSSR count). The highest BCUT2D eigenvalue weighted by molar-refractivity contribution is 4.95. The van der Waals surface area contributed by atoms with Gasteiger partial charge in [0.1, 0.15) is 67.1 Å². The molecule has 0 amide bonds. The van der Waals surface area contributed by atoms with Crippen molar-refractivity contribution in [3.8, 4) is 0 Å². The van der Waals surface area contributed by atoms with Crippen LogP contribution in [0.2, 0.25) is 0 Å². The predicted molar refractivity (Wildman–Crippen MR) is 99.8 cm³/mol. The van der Waals surface area contributed by atoms with Crippen molar-refractivity contribution in [2.45, 2.75) is 99.0 Å². The van der Waals surface area contributed by atoms with Gasteiger partial charge in [-0.05, 0) is 6.92 Å². The maximum Gasteiger partial charge on any atom is 0.187 e. The molecule has 15 nitrogen and oxygen atoms in total. The summed E-state index contributed by atoms with van der Waals surface area (Å²) in [4.78, 5) is 0. The predicted octanol–water partition coefficient (Wildman–Crippen LogP) is -6.55. The van der Waals surface area contributed by atoms with Gasteiger partial charge in [-0.15, -0.1) is 0 Å². The molecule has 194 valence electrons. The molecule has 0 aromatic rings. The van der Waals surface area contributed by atoms with Crippen molar-refractivity contribution >= 4 is 0 Å². The van der Waals surface area contributed by atoms with E-state index in [4.69, 9.17) is 23.7 Å². The van der Waals surface area contributed by atoms with E-state index in [1.165, 1.54) is 6.92 Å². The monoisotopic (exact) mass is 488 g/mol. The van der Waals surface area contributed by atoms with Crippen LogP contribution in [0, 0.1) is 0 Å². The Bertz CT molecular complexity index is 608. The van der Waals surface area contributed by atoms with Crippen molar-refractivity contribution < 1.29 is 74.7 Å². The normalized spacial score (nSPS) is 53.7. The Hall–Kier alpha value is -0.600. The van der Waals surface area contributed by atoms with Crippen molar-refractivity contribution in [2.75, 3.05) is 13.2 Å². The second-order valence-corrected chi connectivity index (χ2v) is 8.32. The summed E-state index contributed by atoms with van der Waals surface area (Å²) < 4.78 is 26.4. The summed E-state index contributed by atoms with van der Waals surface area (Å²) in [6.07, 6.45) is -23.8. The van der Waals surface area contributed by atoms with Crippen LogP contribution in [0.3, 0.4) is 0 Å². The molecule has 3 heterocycles. The van der Waals surface area contributed by atoms with Gasteiger partial charge in [0.15, 0.2) is 18.9 Å². The molecule has 0 bridgehead atoms. The van der Waals surface area contributed by atoms with E-state index in [0.717, 1.165) is 0 Å². The van der Waals surface area contributed by atoms with Gasteiger partial charge in [0.25, 0.3) is 0 Å². The van der Waals surface area contributed by atoms with Crippen LogP contribution in [-0.2, 0) is 23.7 Å². The molecule has 15 atom stereocenters. The zero-order valence-electron chi connectivity index (χ0n) is 17.6. The molecule has 10 N–H and O–H groups in total. The summed E-state index contributed by atoms with van der Waals surface area (Å²) in [5.74, 6) is 0. The highest BCUT2D eigenvalue weighted by Crippen LogP contribution is 2.32. The summed E-state index contributed by atoms with van der Waals surface area (Å²) in [5, 5.41) is 100. The zero-order chi connectivity index (χ0) is 24.6. The van der Waals surface area contributed by atoms with Crippen LogP contribution in [0.5, 0.6) is 0 Å². The van der Waals surface area contributed by atoms with E-state index in [9.17, 15) is 51.1 Å². The number of rotatable bonds is 6. The van der Waals surface area contributed by atoms with Gasteiger partial charge in [0.2, 0.25) is 0 Å². The summed E-state index contributed by atoms with van der Waals surface area (Å²) in [6, 6.07) is 0. The minimum Gasteiger partial charge on any atom is -0.394 e. The van der Waals surface area contributed by atoms with Crippen molar-refractivity contribution in [3.63, 3.8) is 0 Å². The van der Waals surface area contributed by atoms with Crippen LogP contribution in [0.1, 0.15) is 6.92 Å². The number of ether oxygens (including phenoxy) is 5. The Labute approximate surface area is 187 Å². The lowest BCUT2D eigenvalue weighted by molar-refractivity contribution is -0.377. The topological polar surface area (TPSA) is 248 Å². The number of aliphatic hydroxyl groups excluding tert-OH is 10. The van der Waals surface area contributed by atoms with Crippen LogP contribution >= 0.6 is 0 Å². The van der Waals surface area contributed by atoms with Gasteiger partial charge in [-0.2, -0.15) is 0 Å². The minimum atomic E-state index is -1.86. The van der Waals surface area contributed by atoms with E-state index in [2.05, 4.69) is 0 Å². The lowest BCUT2D eigenvalue weighted by atomic mass is 9.96. The van der Waals surface area contributed by atoms with Crippen molar-refractivity contribution in [2.24, 2.45) is 0 Å².